The van der Waals surface area contributed by atoms with E-state index in [1.807, 2.05) is 18.2 Å². The van der Waals surface area contributed by atoms with Gasteiger partial charge in [-0.15, -0.1) is 0 Å². The Hall–Kier alpha value is -1.84. The maximum absolute atomic E-state index is 12.0. The minimum Gasteiger partial charge on any atom is -0.496 e. The van der Waals surface area contributed by atoms with Crippen LogP contribution in [0, 0.1) is 0 Å². The lowest BCUT2D eigenvalue weighted by atomic mass is 9.80. The number of ether oxygens (including phenoxy) is 2. The summed E-state index contributed by atoms with van der Waals surface area (Å²) in [5.41, 5.74) is 1.93. The molecule has 1 aliphatic carbocycles. The van der Waals surface area contributed by atoms with E-state index in [2.05, 4.69) is 4.74 Å². The number of methoxy groups -OCH3 is 2. The molecule has 96 valence electrons. The van der Waals surface area contributed by atoms with Gasteiger partial charge in [0.05, 0.1) is 26.6 Å². The van der Waals surface area contributed by atoms with Crippen molar-refractivity contribution in [3.8, 4) is 5.75 Å². The molecule has 0 bridgehead atoms. The highest BCUT2D eigenvalue weighted by atomic mass is 16.5. The number of fused-ring (bicyclic) bond motifs is 1. The lowest BCUT2D eigenvalue weighted by molar-refractivity contribution is -0.142. The van der Waals surface area contributed by atoms with E-state index >= 15 is 0 Å². The Morgan fingerprint density at radius 3 is 2.78 bits per heavy atom. The molecule has 0 radical (unpaired) electrons. The molecule has 0 N–H and O–H groups in total. The molecule has 0 heterocycles. The molecule has 1 aromatic carbocycles. The molecule has 2 rings (SSSR count). The highest BCUT2D eigenvalue weighted by Crippen LogP contribution is 2.36. The third-order valence-corrected chi connectivity index (χ3v) is 3.37. The van der Waals surface area contributed by atoms with Crippen molar-refractivity contribution in [1.82, 2.24) is 0 Å². The summed E-state index contributed by atoms with van der Waals surface area (Å²) in [7, 11) is 2.95. The van der Waals surface area contributed by atoms with Crippen LogP contribution in [0.4, 0.5) is 0 Å². The molecule has 1 atom stereocenters. The second-order valence-corrected chi connectivity index (χ2v) is 4.33. The molecule has 0 spiro atoms. The average molecular weight is 248 g/mol. The first-order chi connectivity index (χ1) is 8.67. The van der Waals surface area contributed by atoms with E-state index in [-0.39, 0.29) is 18.2 Å². The molecule has 18 heavy (non-hydrogen) atoms. The number of hydrogen-bond donors (Lipinski definition) is 0. The van der Waals surface area contributed by atoms with Crippen molar-refractivity contribution in [2.75, 3.05) is 14.2 Å². The van der Waals surface area contributed by atoms with Crippen LogP contribution in [0.3, 0.4) is 0 Å². The molecule has 4 heteroatoms. The predicted octanol–water partition coefficient (Wildman–Crippen LogP) is 1.86. The zero-order valence-electron chi connectivity index (χ0n) is 10.6. The number of carbonyl (C=O) groups is 2. The summed E-state index contributed by atoms with van der Waals surface area (Å²) in [4.78, 5) is 23.3. The first kappa shape index (κ1) is 12.6. The summed E-state index contributed by atoms with van der Waals surface area (Å²) in [6.45, 7) is 0. The number of rotatable bonds is 3. The lowest BCUT2D eigenvalue weighted by Crippen LogP contribution is -2.23. The molecular weight excluding hydrogens is 232 g/mol. The van der Waals surface area contributed by atoms with E-state index in [9.17, 15) is 9.59 Å². The maximum Gasteiger partial charge on any atom is 0.306 e. The molecule has 0 fully saturated rings. The van der Waals surface area contributed by atoms with Crippen LogP contribution in [-0.4, -0.2) is 26.0 Å². The van der Waals surface area contributed by atoms with Gasteiger partial charge < -0.3 is 9.47 Å². The van der Waals surface area contributed by atoms with Gasteiger partial charge >= 0.3 is 5.97 Å². The van der Waals surface area contributed by atoms with Crippen LogP contribution in [0.5, 0.6) is 5.75 Å². The molecule has 0 amide bonds. The van der Waals surface area contributed by atoms with Crippen molar-refractivity contribution in [3.05, 3.63) is 29.3 Å². The largest absolute Gasteiger partial charge is 0.496 e. The number of Topliss-reactive ketones (excluding diaryl/α,β-unsaturated/α-hetero) is 1. The van der Waals surface area contributed by atoms with Gasteiger partial charge in [-0.05, 0) is 23.6 Å². The number of hydrogen-bond acceptors (Lipinski definition) is 4. The predicted molar refractivity (Wildman–Crippen MR) is 65.7 cm³/mol. The van der Waals surface area contributed by atoms with E-state index in [1.165, 1.54) is 7.11 Å². The zero-order chi connectivity index (χ0) is 13.1. The van der Waals surface area contributed by atoms with Crippen molar-refractivity contribution in [1.29, 1.82) is 0 Å². The third-order valence-electron chi connectivity index (χ3n) is 3.37. The lowest BCUT2D eigenvalue weighted by Gasteiger charge is -2.25. The molecule has 0 aliphatic heterocycles. The molecule has 1 unspecified atom stereocenters. The van der Waals surface area contributed by atoms with Gasteiger partial charge in [-0.1, -0.05) is 12.1 Å². The highest BCUT2D eigenvalue weighted by molar-refractivity contribution is 5.92. The van der Waals surface area contributed by atoms with Gasteiger partial charge in [0.2, 0.25) is 0 Å². The van der Waals surface area contributed by atoms with Crippen molar-refractivity contribution in [2.45, 2.75) is 25.2 Å². The Bertz CT molecular complexity index is 479. The molecule has 1 aliphatic rings. The first-order valence-corrected chi connectivity index (χ1v) is 5.92. The Morgan fingerprint density at radius 2 is 2.11 bits per heavy atom. The Labute approximate surface area is 106 Å². The Balaban J connectivity index is 2.38. The zero-order valence-corrected chi connectivity index (χ0v) is 10.6. The summed E-state index contributed by atoms with van der Waals surface area (Å²) in [5.74, 6) is 0.135. The van der Waals surface area contributed by atoms with E-state index < -0.39 is 5.92 Å². The van der Waals surface area contributed by atoms with Crippen LogP contribution >= 0.6 is 0 Å². The van der Waals surface area contributed by atoms with E-state index in [1.54, 1.807) is 7.11 Å². The second-order valence-electron chi connectivity index (χ2n) is 4.33. The molecule has 4 nitrogen and oxygen atoms in total. The standard InChI is InChI=1S/C14H16O4/c1-17-13-5-3-4-9-10(13)6-7-12(15)11(9)8-14(16)18-2/h3-5,11H,6-8H2,1-2H3. The van der Waals surface area contributed by atoms with Crippen molar-refractivity contribution in [2.24, 2.45) is 0 Å². The minimum absolute atomic E-state index is 0.0983. The highest BCUT2D eigenvalue weighted by Gasteiger charge is 2.31. The van der Waals surface area contributed by atoms with Gasteiger partial charge in [0.25, 0.3) is 0 Å². The van der Waals surface area contributed by atoms with Crippen LogP contribution in [0.25, 0.3) is 0 Å². The fourth-order valence-electron chi connectivity index (χ4n) is 2.44. The van der Waals surface area contributed by atoms with E-state index in [4.69, 9.17) is 4.74 Å². The molecule has 0 saturated heterocycles. The van der Waals surface area contributed by atoms with Crippen LogP contribution in [0.1, 0.15) is 29.9 Å². The SMILES string of the molecule is COC(=O)CC1C(=O)CCc2c(OC)cccc21. The van der Waals surface area contributed by atoms with Crippen molar-refractivity contribution >= 4 is 11.8 Å². The summed E-state index contributed by atoms with van der Waals surface area (Å²) in [6, 6.07) is 5.62. The minimum atomic E-state index is -0.392. The van der Waals surface area contributed by atoms with Crippen LogP contribution < -0.4 is 4.74 Å². The fourth-order valence-corrected chi connectivity index (χ4v) is 2.44. The van der Waals surface area contributed by atoms with E-state index in [0.717, 1.165) is 16.9 Å². The van der Waals surface area contributed by atoms with E-state index in [0.29, 0.717) is 12.8 Å². The Morgan fingerprint density at radius 1 is 1.33 bits per heavy atom. The van der Waals surface area contributed by atoms with Gasteiger partial charge in [0.15, 0.2) is 0 Å². The molecule has 0 aromatic heterocycles. The number of benzene rings is 1. The normalized spacial score (nSPS) is 18.1. The smallest absolute Gasteiger partial charge is 0.306 e. The topological polar surface area (TPSA) is 52.6 Å². The molecule has 0 saturated carbocycles. The fraction of sp³-hybridized carbons (Fsp3) is 0.429. The molecule has 1 aromatic rings. The second kappa shape index (κ2) is 5.21. The Kier molecular flexibility index (Phi) is 3.65. The van der Waals surface area contributed by atoms with Crippen molar-refractivity contribution < 1.29 is 19.1 Å². The van der Waals surface area contributed by atoms with Gasteiger partial charge in [0, 0.05) is 6.42 Å². The van der Waals surface area contributed by atoms with Crippen LogP contribution in [0.2, 0.25) is 0 Å². The van der Waals surface area contributed by atoms with Crippen LogP contribution in [0.15, 0.2) is 18.2 Å². The number of ketones is 1. The first-order valence-electron chi connectivity index (χ1n) is 5.92. The van der Waals surface area contributed by atoms with Gasteiger partial charge in [-0.25, -0.2) is 0 Å². The van der Waals surface area contributed by atoms with Gasteiger partial charge in [-0.2, -0.15) is 0 Å². The monoisotopic (exact) mass is 248 g/mol. The summed E-state index contributed by atoms with van der Waals surface area (Å²) < 4.78 is 9.95. The number of esters is 1. The van der Waals surface area contributed by atoms with Crippen LogP contribution in [-0.2, 0) is 20.7 Å². The van der Waals surface area contributed by atoms with Gasteiger partial charge in [0.1, 0.15) is 11.5 Å². The molecular formula is C14H16O4. The maximum atomic E-state index is 12.0. The summed E-state index contributed by atoms with van der Waals surface area (Å²) >= 11 is 0. The van der Waals surface area contributed by atoms with Crippen molar-refractivity contribution in [3.63, 3.8) is 0 Å². The average Bonchev–Trinajstić information content (AvgIpc) is 2.40. The number of carbonyl (C=O) groups excluding carboxylic acids is 2. The quantitative estimate of drug-likeness (QED) is 0.766. The summed E-state index contributed by atoms with van der Waals surface area (Å²) in [6.07, 6.45) is 1.24. The summed E-state index contributed by atoms with van der Waals surface area (Å²) in [5, 5.41) is 0. The van der Waals surface area contributed by atoms with Gasteiger partial charge in [-0.3, -0.25) is 9.59 Å². The third kappa shape index (κ3) is 2.23.